The molecule has 1 aliphatic heterocycles. The van der Waals surface area contributed by atoms with Gasteiger partial charge in [-0.05, 0) is 42.3 Å². The summed E-state index contributed by atoms with van der Waals surface area (Å²) in [7, 11) is 0. The molecule has 1 heteroatoms. The van der Waals surface area contributed by atoms with Crippen LogP contribution in [0.5, 0.6) is 0 Å². The minimum absolute atomic E-state index is 0.977. The Morgan fingerprint density at radius 1 is 0.583 bits per heavy atom. The third-order valence-corrected chi connectivity index (χ3v) is 9.14. The Morgan fingerprint density at radius 2 is 1.08 bits per heavy atom. The van der Waals surface area contributed by atoms with Crippen LogP contribution in [0.4, 0.5) is 0 Å². The van der Waals surface area contributed by atoms with Crippen molar-refractivity contribution in [2.45, 2.75) is 115 Å². The highest BCUT2D eigenvalue weighted by atomic mass is 32.2. The molecule has 0 radical (unpaired) electrons. The molecule has 2 aliphatic carbocycles. The van der Waals surface area contributed by atoms with Gasteiger partial charge >= 0.3 is 0 Å². The number of hydrogen-bond acceptors (Lipinski definition) is 1. The van der Waals surface area contributed by atoms with Crippen LogP contribution >= 0.6 is 11.8 Å². The normalized spacial score (nSPS) is 40.6. The van der Waals surface area contributed by atoms with Gasteiger partial charge in [0, 0.05) is 5.25 Å². The average Bonchev–Trinajstić information content (AvgIpc) is 2.66. The molecule has 0 spiro atoms. The fourth-order valence-corrected chi connectivity index (χ4v) is 7.83. The van der Waals surface area contributed by atoms with Crippen molar-refractivity contribution in [3.05, 3.63) is 0 Å². The molecular formula is C23H42S. The lowest BCUT2D eigenvalue weighted by Gasteiger charge is -2.46. The quantitative estimate of drug-likeness (QED) is 0.428. The van der Waals surface area contributed by atoms with E-state index in [2.05, 4.69) is 18.7 Å². The molecule has 0 amide bonds. The molecule has 3 rings (SSSR count). The van der Waals surface area contributed by atoms with Crippen molar-refractivity contribution in [1.29, 1.82) is 0 Å². The largest absolute Gasteiger partial charge is 0.158 e. The summed E-state index contributed by atoms with van der Waals surface area (Å²) in [6, 6.07) is 0. The van der Waals surface area contributed by atoms with E-state index in [-0.39, 0.29) is 0 Å². The predicted molar refractivity (Wildman–Crippen MR) is 110 cm³/mol. The fraction of sp³-hybridized carbons (Fsp3) is 1.00. The van der Waals surface area contributed by atoms with Gasteiger partial charge in [0.2, 0.25) is 0 Å². The van der Waals surface area contributed by atoms with Crippen molar-refractivity contribution in [2.24, 2.45) is 23.7 Å². The number of hydrogen-bond donors (Lipinski definition) is 0. The molecule has 0 nitrogen and oxygen atoms in total. The summed E-state index contributed by atoms with van der Waals surface area (Å²) in [6.07, 6.45) is 24.4. The predicted octanol–water partition coefficient (Wildman–Crippen LogP) is 7.86. The molecule has 2 saturated carbocycles. The zero-order valence-electron chi connectivity index (χ0n) is 16.3. The fourth-order valence-electron chi connectivity index (χ4n) is 6.05. The van der Waals surface area contributed by atoms with Crippen LogP contribution in [0.25, 0.3) is 0 Å². The molecule has 5 unspecified atom stereocenters. The summed E-state index contributed by atoms with van der Waals surface area (Å²) < 4.78 is 0. The lowest BCUT2D eigenvalue weighted by molar-refractivity contribution is 0.132. The van der Waals surface area contributed by atoms with Crippen molar-refractivity contribution in [1.82, 2.24) is 0 Å². The van der Waals surface area contributed by atoms with E-state index in [4.69, 9.17) is 0 Å². The van der Waals surface area contributed by atoms with Gasteiger partial charge in [-0.2, -0.15) is 11.8 Å². The standard InChI is InChI=1S/C23H42S/c1-19-18-24-22-17-13-9-5-3-7-11-15-20-14-10-6-2-4-8-12-16-21(19)23(20)22/h19-23H,2-18H2,1H3. The molecule has 0 aromatic carbocycles. The van der Waals surface area contributed by atoms with Crippen LogP contribution in [0.15, 0.2) is 0 Å². The molecule has 0 aromatic heterocycles. The lowest BCUT2D eigenvalue weighted by Crippen LogP contribution is -2.41. The summed E-state index contributed by atoms with van der Waals surface area (Å²) >= 11 is 2.39. The zero-order valence-corrected chi connectivity index (χ0v) is 17.1. The average molecular weight is 351 g/mol. The Labute approximate surface area is 156 Å². The van der Waals surface area contributed by atoms with Crippen molar-refractivity contribution >= 4 is 11.8 Å². The maximum absolute atomic E-state index is 2.59. The summed E-state index contributed by atoms with van der Waals surface area (Å²) in [4.78, 5) is 0. The van der Waals surface area contributed by atoms with Gasteiger partial charge in [0.15, 0.2) is 0 Å². The summed E-state index contributed by atoms with van der Waals surface area (Å²) in [5.74, 6) is 5.62. The van der Waals surface area contributed by atoms with E-state index < -0.39 is 0 Å². The molecule has 0 bridgehead atoms. The summed E-state index contributed by atoms with van der Waals surface area (Å²) in [6.45, 7) is 2.59. The Kier molecular flexibility index (Phi) is 8.36. The van der Waals surface area contributed by atoms with Gasteiger partial charge in [-0.15, -0.1) is 0 Å². The molecule has 0 N–H and O–H groups in total. The first-order valence-corrected chi connectivity index (χ1v) is 12.5. The maximum atomic E-state index is 2.59. The highest BCUT2D eigenvalue weighted by molar-refractivity contribution is 7.99. The smallest absolute Gasteiger partial charge is 0.00808 e. The topological polar surface area (TPSA) is 0 Å². The molecule has 1 saturated heterocycles. The second-order valence-electron chi connectivity index (χ2n) is 9.25. The monoisotopic (exact) mass is 350 g/mol. The number of rotatable bonds is 0. The molecule has 140 valence electrons. The first-order chi connectivity index (χ1) is 11.9. The summed E-state index contributed by atoms with van der Waals surface area (Å²) in [5.41, 5.74) is 0. The third kappa shape index (κ3) is 5.42. The van der Waals surface area contributed by atoms with Gasteiger partial charge in [-0.3, -0.25) is 0 Å². The highest BCUT2D eigenvalue weighted by Gasteiger charge is 2.41. The minimum Gasteiger partial charge on any atom is -0.158 e. The third-order valence-electron chi connectivity index (χ3n) is 7.45. The van der Waals surface area contributed by atoms with Gasteiger partial charge in [-0.1, -0.05) is 96.8 Å². The first-order valence-electron chi connectivity index (χ1n) is 11.5. The molecule has 1 heterocycles. The van der Waals surface area contributed by atoms with Gasteiger partial charge in [-0.25, -0.2) is 0 Å². The van der Waals surface area contributed by atoms with Crippen molar-refractivity contribution < 1.29 is 0 Å². The van der Waals surface area contributed by atoms with E-state index in [0.717, 1.165) is 28.9 Å². The Bertz CT molecular complexity index is 333. The van der Waals surface area contributed by atoms with E-state index in [0.29, 0.717) is 0 Å². The molecule has 5 atom stereocenters. The number of thioether (sulfide) groups is 1. The Hall–Kier alpha value is 0.350. The van der Waals surface area contributed by atoms with Crippen molar-refractivity contribution in [3.63, 3.8) is 0 Å². The van der Waals surface area contributed by atoms with Crippen LogP contribution in [0, 0.1) is 23.7 Å². The molecule has 0 aromatic rings. The van der Waals surface area contributed by atoms with Crippen LogP contribution in [0.2, 0.25) is 0 Å². The van der Waals surface area contributed by atoms with E-state index in [1.54, 1.807) is 19.3 Å². The maximum Gasteiger partial charge on any atom is 0.00808 e. The Morgan fingerprint density at radius 3 is 1.71 bits per heavy atom. The van der Waals surface area contributed by atoms with Crippen LogP contribution in [-0.2, 0) is 0 Å². The first kappa shape index (κ1) is 19.1. The van der Waals surface area contributed by atoms with E-state index in [1.807, 2.05) is 0 Å². The second kappa shape index (κ2) is 10.5. The van der Waals surface area contributed by atoms with Crippen molar-refractivity contribution in [2.75, 3.05) is 5.75 Å². The van der Waals surface area contributed by atoms with E-state index in [9.17, 15) is 0 Å². The highest BCUT2D eigenvalue weighted by Crippen LogP contribution is 2.49. The van der Waals surface area contributed by atoms with Gasteiger partial charge in [0.25, 0.3) is 0 Å². The van der Waals surface area contributed by atoms with Crippen LogP contribution < -0.4 is 0 Å². The molecule has 3 aliphatic rings. The molecule has 3 fully saturated rings. The second-order valence-corrected chi connectivity index (χ2v) is 10.5. The van der Waals surface area contributed by atoms with Gasteiger partial charge < -0.3 is 0 Å². The Balaban J connectivity index is 1.78. The minimum atomic E-state index is 0.977. The van der Waals surface area contributed by atoms with E-state index >= 15 is 0 Å². The summed E-state index contributed by atoms with van der Waals surface area (Å²) in [5, 5.41) is 1.01. The molecular weight excluding hydrogens is 308 g/mol. The van der Waals surface area contributed by atoms with Crippen LogP contribution in [0.3, 0.4) is 0 Å². The SMILES string of the molecule is CC1CSC2CCCCCCCCC3CCCCCCCCC1C32. The lowest BCUT2D eigenvalue weighted by atomic mass is 9.68. The van der Waals surface area contributed by atoms with Gasteiger partial charge in [0.05, 0.1) is 0 Å². The van der Waals surface area contributed by atoms with Crippen LogP contribution in [0.1, 0.15) is 110 Å². The molecule has 24 heavy (non-hydrogen) atoms. The zero-order chi connectivity index (χ0) is 16.6. The van der Waals surface area contributed by atoms with Crippen LogP contribution in [-0.4, -0.2) is 11.0 Å². The van der Waals surface area contributed by atoms with E-state index in [1.165, 1.54) is 89.2 Å². The van der Waals surface area contributed by atoms with Gasteiger partial charge in [0.1, 0.15) is 0 Å². The van der Waals surface area contributed by atoms with Crippen molar-refractivity contribution in [3.8, 4) is 0 Å².